The van der Waals surface area contributed by atoms with Crippen molar-refractivity contribution in [3.8, 4) is 0 Å². The SMILES string of the molecule is Clc1ccc(C(Cl)(c2ccccc2)c2ccc(Cl)cc2)cc1. The van der Waals surface area contributed by atoms with Gasteiger partial charge in [-0.15, -0.1) is 11.6 Å². The summed E-state index contributed by atoms with van der Waals surface area (Å²) in [6, 6.07) is 25.2. The quantitative estimate of drug-likeness (QED) is 0.373. The minimum Gasteiger partial charge on any atom is -0.104 e. The number of hydrogen-bond donors (Lipinski definition) is 0. The maximum atomic E-state index is 7.13. The normalized spacial score (nSPS) is 11.4. The largest absolute Gasteiger partial charge is 0.119 e. The van der Waals surface area contributed by atoms with Crippen molar-refractivity contribution in [2.24, 2.45) is 0 Å². The molecule has 3 aromatic rings. The molecule has 0 radical (unpaired) electrons. The first-order valence-corrected chi connectivity index (χ1v) is 8.00. The molecule has 0 saturated heterocycles. The molecule has 0 saturated carbocycles. The monoisotopic (exact) mass is 346 g/mol. The van der Waals surface area contributed by atoms with Gasteiger partial charge in [-0.05, 0) is 41.0 Å². The molecule has 3 aromatic carbocycles. The highest BCUT2D eigenvalue weighted by Gasteiger charge is 2.33. The van der Waals surface area contributed by atoms with Crippen molar-refractivity contribution in [1.82, 2.24) is 0 Å². The first kappa shape index (κ1) is 15.4. The summed E-state index contributed by atoms with van der Waals surface area (Å²) in [5.74, 6) is 0. The highest BCUT2D eigenvalue weighted by Crippen LogP contribution is 2.43. The summed E-state index contributed by atoms with van der Waals surface area (Å²) in [5, 5.41) is 1.37. The highest BCUT2D eigenvalue weighted by molar-refractivity contribution is 6.31. The average molecular weight is 348 g/mol. The molecule has 0 spiro atoms. The summed E-state index contributed by atoms with van der Waals surface area (Å²) in [4.78, 5) is -0.781. The smallest absolute Gasteiger partial charge is 0.104 e. The molecule has 0 bridgehead atoms. The van der Waals surface area contributed by atoms with E-state index >= 15 is 0 Å². The highest BCUT2D eigenvalue weighted by atomic mass is 35.5. The van der Waals surface area contributed by atoms with Crippen LogP contribution in [0.2, 0.25) is 10.0 Å². The molecule has 0 aliphatic carbocycles. The number of rotatable bonds is 3. The Kier molecular flexibility index (Phi) is 4.44. The van der Waals surface area contributed by atoms with E-state index in [4.69, 9.17) is 34.8 Å². The Hall–Kier alpha value is -1.47. The van der Waals surface area contributed by atoms with E-state index in [9.17, 15) is 0 Å². The fraction of sp³-hybridized carbons (Fsp3) is 0.0526. The second-order valence-corrected chi connectivity index (χ2v) is 6.48. The van der Waals surface area contributed by atoms with Crippen LogP contribution >= 0.6 is 34.8 Å². The van der Waals surface area contributed by atoms with Gasteiger partial charge in [-0.2, -0.15) is 0 Å². The summed E-state index contributed by atoms with van der Waals surface area (Å²) in [5.41, 5.74) is 2.93. The van der Waals surface area contributed by atoms with Crippen LogP contribution in [0.15, 0.2) is 78.9 Å². The van der Waals surface area contributed by atoms with Gasteiger partial charge in [0.15, 0.2) is 0 Å². The van der Waals surface area contributed by atoms with Gasteiger partial charge >= 0.3 is 0 Å². The van der Waals surface area contributed by atoms with Crippen LogP contribution in [-0.4, -0.2) is 0 Å². The molecule has 0 aliphatic rings. The van der Waals surface area contributed by atoms with Crippen LogP contribution < -0.4 is 0 Å². The van der Waals surface area contributed by atoms with Crippen molar-refractivity contribution in [2.45, 2.75) is 4.87 Å². The van der Waals surface area contributed by atoms with Gasteiger partial charge in [-0.25, -0.2) is 0 Å². The fourth-order valence-corrected chi connectivity index (χ4v) is 3.16. The number of benzene rings is 3. The molecule has 3 rings (SSSR count). The van der Waals surface area contributed by atoms with Gasteiger partial charge in [-0.1, -0.05) is 77.8 Å². The summed E-state index contributed by atoms with van der Waals surface area (Å²) in [6.07, 6.45) is 0. The van der Waals surface area contributed by atoms with Crippen molar-refractivity contribution in [3.63, 3.8) is 0 Å². The Morgan fingerprint density at radius 3 is 1.27 bits per heavy atom. The molecule has 3 heteroatoms. The lowest BCUT2D eigenvalue weighted by Crippen LogP contribution is -2.22. The lowest BCUT2D eigenvalue weighted by Gasteiger charge is -2.29. The number of hydrogen-bond acceptors (Lipinski definition) is 0. The van der Waals surface area contributed by atoms with Crippen LogP contribution in [0.25, 0.3) is 0 Å². The van der Waals surface area contributed by atoms with Crippen LogP contribution in [0.1, 0.15) is 16.7 Å². The van der Waals surface area contributed by atoms with Crippen LogP contribution in [0.4, 0.5) is 0 Å². The first-order chi connectivity index (χ1) is 10.6. The van der Waals surface area contributed by atoms with Crippen LogP contribution in [0.5, 0.6) is 0 Å². The molecule has 0 amide bonds. The Labute approximate surface area is 145 Å². The van der Waals surface area contributed by atoms with Crippen molar-refractivity contribution in [2.75, 3.05) is 0 Å². The molecular weight excluding hydrogens is 335 g/mol. The van der Waals surface area contributed by atoms with Gasteiger partial charge in [0.2, 0.25) is 0 Å². The first-order valence-electron chi connectivity index (χ1n) is 6.87. The molecule has 0 heterocycles. The molecule has 0 aliphatic heterocycles. The zero-order chi connectivity index (χ0) is 15.6. The molecule has 0 fully saturated rings. The molecule has 110 valence electrons. The molecule has 22 heavy (non-hydrogen) atoms. The summed E-state index contributed by atoms with van der Waals surface area (Å²) < 4.78 is 0. The second-order valence-electron chi connectivity index (χ2n) is 5.04. The van der Waals surface area contributed by atoms with Crippen molar-refractivity contribution < 1.29 is 0 Å². The van der Waals surface area contributed by atoms with E-state index in [2.05, 4.69) is 0 Å². The Morgan fingerprint density at radius 2 is 0.864 bits per heavy atom. The van der Waals surface area contributed by atoms with Gasteiger partial charge in [-0.3, -0.25) is 0 Å². The second kappa shape index (κ2) is 6.34. The fourth-order valence-electron chi connectivity index (χ4n) is 2.53. The minimum absolute atomic E-state index is 0.687. The van der Waals surface area contributed by atoms with Crippen molar-refractivity contribution >= 4 is 34.8 Å². The third-order valence-electron chi connectivity index (χ3n) is 3.66. The molecular formula is C19H13Cl3. The van der Waals surface area contributed by atoms with E-state index in [0.717, 1.165) is 16.7 Å². The molecule has 0 nitrogen and oxygen atoms in total. The van der Waals surface area contributed by atoms with Crippen molar-refractivity contribution in [3.05, 3.63) is 106 Å². The van der Waals surface area contributed by atoms with Gasteiger partial charge in [0.1, 0.15) is 4.87 Å². The van der Waals surface area contributed by atoms with E-state index in [1.54, 1.807) is 0 Å². The summed E-state index contributed by atoms with van der Waals surface area (Å²) >= 11 is 19.2. The van der Waals surface area contributed by atoms with Crippen LogP contribution in [-0.2, 0) is 4.87 Å². The van der Waals surface area contributed by atoms with Crippen LogP contribution in [0.3, 0.4) is 0 Å². The van der Waals surface area contributed by atoms with Crippen LogP contribution in [0, 0.1) is 0 Å². The van der Waals surface area contributed by atoms with Crippen molar-refractivity contribution in [1.29, 1.82) is 0 Å². The molecule has 0 atom stereocenters. The van der Waals surface area contributed by atoms with E-state index in [1.165, 1.54) is 0 Å². The maximum Gasteiger partial charge on any atom is 0.119 e. The lowest BCUT2D eigenvalue weighted by atomic mass is 9.84. The molecule has 0 N–H and O–H groups in total. The molecule has 0 aromatic heterocycles. The summed E-state index contributed by atoms with van der Waals surface area (Å²) in [6.45, 7) is 0. The van der Waals surface area contributed by atoms with Gasteiger partial charge in [0.25, 0.3) is 0 Å². The zero-order valence-corrected chi connectivity index (χ0v) is 13.9. The van der Waals surface area contributed by atoms with E-state index in [1.807, 2.05) is 78.9 Å². The maximum absolute atomic E-state index is 7.13. The number of alkyl halides is 1. The minimum atomic E-state index is -0.781. The third-order valence-corrected chi connectivity index (χ3v) is 4.81. The third kappa shape index (κ3) is 2.87. The number of halogens is 3. The van der Waals surface area contributed by atoms with Gasteiger partial charge in [0, 0.05) is 10.0 Å². The average Bonchev–Trinajstić information content (AvgIpc) is 2.56. The Balaban J connectivity index is 2.22. The van der Waals surface area contributed by atoms with E-state index in [-0.39, 0.29) is 0 Å². The zero-order valence-electron chi connectivity index (χ0n) is 11.6. The lowest BCUT2D eigenvalue weighted by molar-refractivity contribution is 0.879. The Bertz CT molecular complexity index is 701. The topological polar surface area (TPSA) is 0 Å². The standard InChI is InChI=1S/C19H13Cl3/c20-17-10-6-15(7-11-17)19(22,14-4-2-1-3-5-14)16-8-12-18(21)13-9-16/h1-13H. The summed E-state index contributed by atoms with van der Waals surface area (Å²) in [7, 11) is 0. The van der Waals surface area contributed by atoms with E-state index < -0.39 is 4.87 Å². The Morgan fingerprint density at radius 1 is 0.500 bits per heavy atom. The predicted molar refractivity (Wildman–Crippen MR) is 95.1 cm³/mol. The van der Waals surface area contributed by atoms with E-state index in [0.29, 0.717) is 10.0 Å². The van der Waals surface area contributed by atoms with Gasteiger partial charge < -0.3 is 0 Å². The predicted octanol–water partition coefficient (Wildman–Crippen LogP) is 6.52. The molecule has 0 unspecified atom stereocenters. The van der Waals surface area contributed by atoms with Gasteiger partial charge in [0.05, 0.1) is 0 Å².